The third-order valence-corrected chi connectivity index (χ3v) is 7.08. The van der Waals surface area contributed by atoms with Gasteiger partial charge in [0.05, 0.1) is 12.5 Å². The highest BCUT2D eigenvalue weighted by Gasteiger charge is 2.19. The second-order valence-corrected chi connectivity index (χ2v) is 9.39. The smallest absolute Gasteiger partial charge is 0.246 e. The standard InChI is InChI=1S/C28H33N7O2/c1-3-24(36)34-15-13-33(14-16-34)11-5-4-6-12-35-28-25(27(29)30-19-31-28)26(32-35)22-8-7-21-18-23(37-2)10-9-20(21)17-22/h3,7-10,17-19H,1,4-6,11-16H2,2H3,(H2,29,30,31). The Morgan fingerprint density at radius 1 is 1.03 bits per heavy atom. The van der Waals surface area contributed by atoms with Gasteiger partial charge in [-0.1, -0.05) is 31.2 Å². The van der Waals surface area contributed by atoms with Crippen molar-refractivity contribution >= 4 is 33.5 Å². The topological polar surface area (TPSA) is 102 Å². The van der Waals surface area contributed by atoms with Crippen LogP contribution in [0.25, 0.3) is 33.1 Å². The lowest BCUT2D eigenvalue weighted by atomic mass is 10.0. The number of aryl methyl sites for hydroxylation is 1. The van der Waals surface area contributed by atoms with Crippen LogP contribution in [0.5, 0.6) is 5.75 Å². The second-order valence-electron chi connectivity index (χ2n) is 9.39. The summed E-state index contributed by atoms with van der Waals surface area (Å²) in [4.78, 5) is 24.8. The lowest BCUT2D eigenvalue weighted by Gasteiger charge is -2.34. The van der Waals surface area contributed by atoms with E-state index in [4.69, 9.17) is 15.6 Å². The Morgan fingerprint density at radius 3 is 2.57 bits per heavy atom. The van der Waals surface area contributed by atoms with Gasteiger partial charge >= 0.3 is 0 Å². The number of aromatic nitrogens is 4. The zero-order valence-electron chi connectivity index (χ0n) is 21.3. The Morgan fingerprint density at radius 2 is 1.78 bits per heavy atom. The van der Waals surface area contributed by atoms with Gasteiger partial charge in [-0.3, -0.25) is 9.69 Å². The first-order chi connectivity index (χ1) is 18.1. The number of rotatable bonds is 9. The van der Waals surface area contributed by atoms with E-state index >= 15 is 0 Å². The van der Waals surface area contributed by atoms with Crippen molar-refractivity contribution in [3.05, 3.63) is 55.4 Å². The van der Waals surface area contributed by atoms with Crippen LogP contribution in [0, 0.1) is 0 Å². The van der Waals surface area contributed by atoms with E-state index in [2.05, 4.69) is 39.6 Å². The van der Waals surface area contributed by atoms with Crippen molar-refractivity contribution < 1.29 is 9.53 Å². The van der Waals surface area contributed by atoms with E-state index in [1.54, 1.807) is 7.11 Å². The number of piperazine rings is 1. The first-order valence-electron chi connectivity index (χ1n) is 12.8. The molecule has 0 atom stereocenters. The number of carbonyl (C=O) groups is 1. The summed E-state index contributed by atoms with van der Waals surface area (Å²) < 4.78 is 7.31. The van der Waals surface area contributed by atoms with Crippen LogP contribution in [-0.2, 0) is 11.3 Å². The van der Waals surface area contributed by atoms with Crippen molar-refractivity contribution in [2.24, 2.45) is 0 Å². The zero-order chi connectivity index (χ0) is 25.8. The van der Waals surface area contributed by atoms with Crippen LogP contribution < -0.4 is 10.5 Å². The van der Waals surface area contributed by atoms with Crippen LogP contribution in [0.1, 0.15) is 19.3 Å². The number of methoxy groups -OCH3 is 1. The van der Waals surface area contributed by atoms with Crippen molar-refractivity contribution in [1.29, 1.82) is 0 Å². The monoisotopic (exact) mass is 499 g/mol. The van der Waals surface area contributed by atoms with Crippen LogP contribution in [0.3, 0.4) is 0 Å². The van der Waals surface area contributed by atoms with E-state index in [-0.39, 0.29) is 5.91 Å². The molecule has 1 saturated heterocycles. The highest BCUT2D eigenvalue weighted by molar-refractivity contribution is 6.00. The molecule has 4 aromatic rings. The first-order valence-corrected chi connectivity index (χ1v) is 12.8. The van der Waals surface area contributed by atoms with Gasteiger partial charge < -0.3 is 15.4 Å². The fourth-order valence-corrected chi connectivity index (χ4v) is 4.98. The highest BCUT2D eigenvalue weighted by atomic mass is 16.5. The molecule has 0 aliphatic carbocycles. The van der Waals surface area contributed by atoms with Crippen LogP contribution in [0.2, 0.25) is 0 Å². The van der Waals surface area contributed by atoms with E-state index in [9.17, 15) is 4.79 Å². The van der Waals surface area contributed by atoms with E-state index < -0.39 is 0 Å². The summed E-state index contributed by atoms with van der Waals surface area (Å²) in [6.45, 7) is 8.77. The summed E-state index contributed by atoms with van der Waals surface area (Å²) in [5, 5.41) is 7.93. The van der Waals surface area contributed by atoms with Crippen molar-refractivity contribution in [1.82, 2.24) is 29.5 Å². The summed E-state index contributed by atoms with van der Waals surface area (Å²) >= 11 is 0. The normalized spacial score (nSPS) is 14.4. The van der Waals surface area contributed by atoms with Gasteiger partial charge in [-0.25, -0.2) is 14.6 Å². The molecule has 37 heavy (non-hydrogen) atoms. The van der Waals surface area contributed by atoms with Crippen molar-refractivity contribution in [3.63, 3.8) is 0 Å². The molecule has 9 nitrogen and oxygen atoms in total. The minimum Gasteiger partial charge on any atom is -0.497 e. The third-order valence-electron chi connectivity index (χ3n) is 7.08. The van der Waals surface area contributed by atoms with Crippen LogP contribution in [-0.4, -0.2) is 75.3 Å². The van der Waals surface area contributed by atoms with Gasteiger partial charge in [0.25, 0.3) is 0 Å². The molecule has 9 heteroatoms. The van der Waals surface area contributed by atoms with Crippen molar-refractivity contribution in [3.8, 4) is 17.0 Å². The molecule has 1 aliphatic rings. The van der Waals surface area contributed by atoms with E-state index in [0.29, 0.717) is 5.82 Å². The number of unbranched alkanes of at least 4 members (excludes halogenated alkanes) is 2. The van der Waals surface area contributed by atoms with Gasteiger partial charge in [-0.15, -0.1) is 0 Å². The van der Waals surface area contributed by atoms with Gasteiger partial charge in [0, 0.05) is 38.3 Å². The number of carbonyl (C=O) groups excluding carboxylic acids is 1. The number of fused-ring (bicyclic) bond motifs is 2. The minimum atomic E-state index is 0.0267. The molecule has 0 unspecified atom stereocenters. The Bertz CT molecular complexity index is 1420. The number of benzene rings is 2. The summed E-state index contributed by atoms with van der Waals surface area (Å²) in [5.41, 5.74) is 8.85. The molecule has 0 radical (unpaired) electrons. The predicted octanol–water partition coefficient (Wildman–Crippen LogP) is 3.74. The number of ether oxygens (including phenoxy) is 1. The SMILES string of the molecule is C=CC(=O)N1CCN(CCCCCn2nc(-c3ccc4cc(OC)ccc4c3)c3c(N)ncnc32)CC1. The summed E-state index contributed by atoms with van der Waals surface area (Å²) in [6, 6.07) is 12.3. The van der Waals surface area contributed by atoms with Crippen LogP contribution in [0.4, 0.5) is 5.82 Å². The predicted molar refractivity (Wildman–Crippen MR) is 146 cm³/mol. The number of hydrogen-bond acceptors (Lipinski definition) is 7. The number of nitrogen functional groups attached to an aromatic ring is 1. The first kappa shape index (κ1) is 24.7. The van der Waals surface area contributed by atoms with E-state index in [0.717, 1.165) is 97.3 Å². The largest absolute Gasteiger partial charge is 0.497 e. The Hall–Kier alpha value is -3.98. The fraction of sp³-hybridized carbons (Fsp3) is 0.357. The third kappa shape index (κ3) is 5.27. The second kappa shape index (κ2) is 11.0. The molecule has 192 valence electrons. The van der Waals surface area contributed by atoms with Gasteiger partial charge in [0.15, 0.2) is 5.65 Å². The Labute approximate surface area is 216 Å². The van der Waals surface area contributed by atoms with Crippen LogP contribution in [0.15, 0.2) is 55.4 Å². The van der Waals surface area contributed by atoms with Gasteiger partial charge in [-0.05, 0) is 54.4 Å². The van der Waals surface area contributed by atoms with Gasteiger partial charge in [0.1, 0.15) is 23.6 Å². The molecule has 3 heterocycles. The van der Waals surface area contributed by atoms with Crippen molar-refractivity contribution in [2.45, 2.75) is 25.8 Å². The van der Waals surface area contributed by atoms with Gasteiger partial charge in [-0.2, -0.15) is 5.10 Å². The average molecular weight is 500 g/mol. The summed E-state index contributed by atoms with van der Waals surface area (Å²) in [6.07, 6.45) is 6.08. The van der Waals surface area contributed by atoms with E-state index in [1.807, 2.05) is 27.8 Å². The molecule has 0 saturated carbocycles. The molecule has 1 aliphatic heterocycles. The molecule has 0 spiro atoms. The van der Waals surface area contributed by atoms with E-state index in [1.165, 1.54) is 12.4 Å². The summed E-state index contributed by atoms with van der Waals surface area (Å²) in [5.74, 6) is 1.30. The fourth-order valence-electron chi connectivity index (χ4n) is 4.98. The summed E-state index contributed by atoms with van der Waals surface area (Å²) in [7, 11) is 1.67. The molecule has 2 N–H and O–H groups in total. The minimum absolute atomic E-state index is 0.0267. The zero-order valence-corrected chi connectivity index (χ0v) is 21.3. The maximum Gasteiger partial charge on any atom is 0.246 e. The molecule has 5 rings (SSSR count). The molecule has 1 fully saturated rings. The molecule has 1 amide bonds. The number of nitrogens with zero attached hydrogens (tertiary/aromatic N) is 6. The maximum absolute atomic E-state index is 11.8. The molecule has 2 aromatic heterocycles. The average Bonchev–Trinajstić information content (AvgIpc) is 3.32. The molecule has 0 bridgehead atoms. The maximum atomic E-state index is 11.8. The quantitative estimate of drug-likeness (QED) is 0.276. The lowest BCUT2D eigenvalue weighted by molar-refractivity contribution is -0.127. The highest BCUT2D eigenvalue weighted by Crippen LogP contribution is 2.33. The number of anilines is 1. The van der Waals surface area contributed by atoms with Gasteiger partial charge in [0.2, 0.25) is 5.91 Å². The Balaban J connectivity index is 1.24. The molecular formula is C28H33N7O2. The van der Waals surface area contributed by atoms with Crippen molar-refractivity contribution in [2.75, 3.05) is 45.6 Å². The number of nitrogens with two attached hydrogens (primary N) is 1. The molecule has 2 aromatic carbocycles. The number of amides is 1. The molecular weight excluding hydrogens is 466 g/mol. The Kier molecular flexibility index (Phi) is 7.32. The van der Waals surface area contributed by atoms with Crippen LogP contribution >= 0.6 is 0 Å². The number of hydrogen-bond donors (Lipinski definition) is 1. The lowest BCUT2D eigenvalue weighted by Crippen LogP contribution is -2.48.